The number of hydrogen-bond acceptors (Lipinski definition) is 4. The summed E-state index contributed by atoms with van der Waals surface area (Å²) in [5.41, 5.74) is 7.63. The second-order valence-electron chi connectivity index (χ2n) is 5.40. The molecule has 5 nitrogen and oxygen atoms in total. The normalized spacial score (nSPS) is 20.9. The SMILES string of the molecule is CC1(C)OCC(CNC(=O)Cc2ccccc2CN)O1. The average Bonchev–Trinajstić information content (AvgIpc) is 2.77. The number of amides is 1. The van der Waals surface area contributed by atoms with Gasteiger partial charge in [-0.1, -0.05) is 24.3 Å². The monoisotopic (exact) mass is 278 g/mol. The van der Waals surface area contributed by atoms with E-state index in [0.717, 1.165) is 11.1 Å². The predicted molar refractivity (Wildman–Crippen MR) is 76.0 cm³/mol. The van der Waals surface area contributed by atoms with Gasteiger partial charge in [-0.2, -0.15) is 0 Å². The van der Waals surface area contributed by atoms with Gasteiger partial charge < -0.3 is 20.5 Å². The minimum absolute atomic E-state index is 0.0285. The van der Waals surface area contributed by atoms with Crippen LogP contribution in [0.25, 0.3) is 0 Å². The van der Waals surface area contributed by atoms with Crippen molar-refractivity contribution >= 4 is 5.91 Å². The minimum atomic E-state index is -0.554. The van der Waals surface area contributed by atoms with E-state index in [2.05, 4.69) is 5.32 Å². The first-order valence-electron chi connectivity index (χ1n) is 6.85. The van der Waals surface area contributed by atoms with E-state index in [9.17, 15) is 4.79 Å². The molecule has 1 saturated heterocycles. The Morgan fingerprint density at radius 1 is 1.40 bits per heavy atom. The van der Waals surface area contributed by atoms with Crippen LogP contribution in [-0.2, 0) is 27.2 Å². The third kappa shape index (κ3) is 4.03. The highest BCUT2D eigenvalue weighted by atomic mass is 16.7. The van der Waals surface area contributed by atoms with Crippen molar-refractivity contribution in [1.82, 2.24) is 5.32 Å². The summed E-state index contributed by atoms with van der Waals surface area (Å²) in [6.07, 6.45) is 0.253. The van der Waals surface area contributed by atoms with Gasteiger partial charge in [-0.15, -0.1) is 0 Å². The van der Waals surface area contributed by atoms with E-state index in [1.54, 1.807) is 0 Å². The van der Waals surface area contributed by atoms with Crippen LogP contribution in [0.5, 0.6) is 0 Å². The molecule has 1 atom stereocenters. The summed E-state index contributed by atoms with van der Waals surface area (Å²) < 4.78 is 11.1. The number of carbonyl (C=O) groups excluding carboxylic acids is 1. The minimum Gasteiger partial charge on any atom is -0.353 e. The van der Waals surface area contributed by atoms with Gasteiger partial charge in [0.1, 0.15) is 6.10 Å². The molecule has 1 aromatic carbocycles. The molecule has 1 heterocycles. The van der Waals surface area contributed by atoms with Gasteiger partial charge in [0.2, 0.25) is 5.91 Å². The molecule has 0 bridgehead atoms. The van der Waals surface area contributed by atoms with Crippen molar-refractivity contribution in [2.24, 2.45) is 5.73 Å². The Morgan fingerprint density at radius 2 is 2.10 bits per heavy atom. The second-order valence-corrected chi connectivity index (χ2v) is 5.40. The molecule has 2 rings (SSSR count). The van der Waals surface area contributed by atoms with Gasteiger partial charge in [-0.3, -0.25) is 4.79 Å². The third-order valence-corrected chi connectivity index (χ3v) is 3.28. The van der Waals surface area contributed by atoms with Gasteiger partial charge in [0.05, 0.1) is 13.0 Å². The van der Waals surface area contributed by atoms with Crippen LogP contribution in [0, 0.1) is 0 Å². The van der Waals surface area contributed by atoms with Crippen LogP contribution < -0.4 is 11.1 Å². The molecule has 20 heavy (non-hydrogen) atoms. The Morgan fingerprint density at radius 3 is 2.70 bits per heavy atom. The van der Waals surface area contributed by atoms with Gasteiger partial charge in [0.15, 0.2) is 5.79 Å². The van der Waals surface area contributed by atoms with E-state index in [1.807, 2.05) is 38.1 Å². The van der Waals surface area contributed by atoms with Crippen molar-refractivity contribution in [3.63, 3.8) is 0 Å². The smallest absolute Gasteiger partial charge is 0.224 e. The molecule has 1 unspecified atom stereocenters. The zero-order valence-corrected chi connectivity index (χ0v) is 12.0. The van der Waals surface area contributed by atoms with Crippen molar-refractivity contribution in [2.45, 2.75) is 38.7 Å². The molecule has 0 saturated carbocycles. The summed E-state index contributed by atoms with van der Waals surface area (Å²) in [4.78, 5) is 12.0. The molecule has 0 aliphatic carbocycles. The molecule has 0 spiro atoms. The van der Waals surface area contributed by atoms with E-state index in [-0.39, 0.29) is 12.0 Å². The number of nitrogens with one attached hydrogen (secondary N) is 1. The molecule has 0 aromatic heterocycles. The van der Waals surface area contributed by atoms with E-state index < -0.39 is 5.79 Å². The number of carbonyl (C=O) groups is 1. The summed E-state index contributed by atoms with van der Waals surface area (Å²) in [5, 5.41) is 2.88. The predicted octanol–water partition coefficient (Wildman–Crippen LogP) is 0.955. The fraction of sp³-hybridized carbons (Fsp3) is 0.533. The Kier molecular flexibility index (Phi) is 4.75. The average molecular weight is 278 g/mol. The lowest BCUT2D eigenvalue weighted by Crippen LogP contribution is -2.35. The molecule has 5 heteroatoms. The summed E-state index contributed by atoms with van der Waals surface area (Å²) in [7, 11) is 0. The quantitative estimate of drug-likeness (QED) is 0.841. The van der Waals surface area contributed by atoms with Crippen LogP contribution in [0.3, 0.4) is 0 Å². The molecular formula is C15H22N2O3. The van der Waals surface area contributed by atoms with Gasteiger partial charge >= 0.3 is 0 Å². The van der Waals surface area contributed by atoms with Crippen molar-refractivity contribution < 1.29 is 14.3 Å². The van der Waals surface area contributed by atoms with Crippen molar-refractivity contribution in [2.75, 3.05) is 13.2 Å². The van der Waals surface area contributed by atoms with Crippen LogP contribution in [-0.4, -0.2) is 30.9 Å². The van der Waals surface area contributed by atoms with Crippen molar-refractivity contribution in [3.8, 4) is 0 Å². The number of ether oxygens (including phenoxy) is 2. The molecule has 0 radical (unpaired) electrons. The maximum Gasteiger partial charge on any atom is 0.224 e. The van der Waals surface area contributed by atoms with Crippen LogP contribution >= 0.6 is 0 Å². The summed E-state index contributed by atoms with van der Waals surface area (Å²) in [6.45, 7) is 5.15. The Bertz CT molecular complexity index is 474. The van der Waals surface area contributed by atoms with Gasteiger partial charge in [-0.25, -0.2) is 0 Å². The highest BCUT2D eigenvalue weighted by molar-refractivity contribution is 5.78. The fourth-order valence-corrected chi connectivity index (χ4v) is 2.26. The molecular weight excluding hydrogens is 256 g/mol. The molecule has 1 aliphatic rings. The molecule has 3 N–H and O–H groups in total. The summed E-state index contributed by atoms with van der Waals surface area (Å²) in [6, 6.07) is 7.72. The largest absolute Gasteiger partial charge is 0.353 e. The van der Waals surface area contributed by atoms with Gasteiger partial charge in [-0.05, 0) is 25.0 Å². The third-order valence-electron chi connectivity index (χ3n) is 3.28. The fourth-order valence-electron chi connectivity index (χ4n) is 2.26. The maximum absolute atomic E-state index is 12.0. The topological polar surface area (TPSA) is 73.6 Å². The first kappa shape index (κ1) is 15.0. The number of rotatable bonds is 5. The Labute approximate surface area is 119 Å². The van der Waals surface area contributed by atoms with E-state index in [1.165, 1.54) is 0 Å². The van der Waals surface area contributed by atoms with E-state index in [4.69, 9.17) is 15.2 Å². The molecule has 110 valence electrons. The highest BCUT2D eigenvalue weighted by Gasteiger charge is 2.32. The highest BCUT2D eigenvalue weighted by Crippen LogP contribution is 2.21. The lowest BCUT2D eigenvalue weighted by atomic mass is 10.0. The zero-order valence-electron chi connectivity index (χ0n) is 12.0. The van der Waals surface area contributed by atoms with Crippen LogP contribution in [0.1, 0.15) is 25.0 Å². The van der Waals surface area contributed by atoms with Gasteiger partial charge in [0.25, 0.3) is 0 Å². The summed E-state index contributed by atoms with van der Waals surface area (Å²) >= 11 is 0. The second kappa shape index (κ2) is 6.35. The van der Waals surface area contributed by atoms with Gasteiger partial charge in [0, 0.05) is 13.1 Å². The van der Waals surface area contributed by atoms with Crippen molar-refractivity contribution in [1.29, 1.82) is 0 Å². The van der Waals surface area contributed by atoms with Crippen molar-refractivity contribution in [3.05, 3.63) is 35.4 Å². The van der Waals surface area contributed by atoms with E-state index in [0.29, 0.717) is 26.1 Å². The zero-order chi connectivity index (χ0) is 14.6. The van der Waals surface area contributed by atoms with Crippen LogP contribution in [0.4, 0.5) is 0 Å². The first-order valence-corrected chi connectivity index (χ1v) is 6.85. The Hall–Kier alpha value is -1.43. The number of nitrogens with two attached hydrogens (primary N) is 1. The van der Waals surface area contributed by atoms with Crippen LogP contribution in [0.15, 0.2) is 24.3 Å². The lowest BCUT2D eigenvalue weighted by molar-refractivity contribution is -0.139. The molecule has 1 fully saturated rings. The maximum atomic E-state index is 12.0. The van der Waals surface area contributed by atoms with Crippen LogP contribution in [0.2, 0.25) is 0 Å². The molecule has 1 aromatic rings. The molecule has 1 amide bonds. The number of benzene rings is 1. The summed E-state index contributed by atoms with van der Waals surface area (Å²) in [5.74, 6) is -0.583. The lowest BCUT2D eigenvalue weighted by Gasteiger charge is -2.17. The number of hydrogen-bond donors (Lipinski definition) is 2. The first-order chi connectivity index (χ1) is 9.50. The Balaban J connectivity index is 1.81. The standard InChI is InChI=1S/C15H22N2O3/c1-15(2)19-10-13(20-15)9-17-14(18)7-11-5-3-4-6-12(11)8-16/h3-6,13H,7-10,16H2,1-2H3,(H,17,18). The van der Waals surface area contributed by atoms with E-state index >= 15 is 0 Å². The molecule has 1 aliphatic heterocycles.